The van der Waals surface area contributed by atoms with Gasteiger partial charge in [0, 0.05) is 18.0 Å². The fourth-order valence-corrected chi connectivity index (χ4v) is 3.12. The third-order valence-electron chi connectivity index (χ3n) is 3.80. The number of hydrogen-bond donors (Lipinski definition) is 0. The van der Waals surface area contributed by atoms with Crippen LogP contribution in [0.1, 0.15) is 5.56 Å². The predicted molar refractivity (Wildman–Crippen MR) is 102 cm³/mol. The Morgan fingerprint density at radius 2 is 1.72 bits per heavy atom. The van der Waals surface area contributed by atoms with Gasteiger partial charge in [0.1, 0.15) is 5.75 Å². The van der Waals surface area contributed by atoms with Gasteiger partial charge in [-0.3, -0.25) is 4.98 Å². The van der Waals surface area contributed by atoms with Crippen LogP contribution < -0.4 is 4.74 Å². The van der Waals surface area contributed by atoms with Crippen molar-refractivity contribution in [2.45, 2.75) is 6.92 Å². The van der Waals surface area contributed by atoms with Gasteiger partial charge in [-0.1, -0.05) is 18.2 Å². The Morgan fingerprint density at radius 3 is 2.52 bits per heavy atom. The predicted octanol–water partition coefficient (Wildman–Crippen LogP) is 5.56. The maximum absolute atomic E-state index is 6.13. The van der Waals surface area contributed by atoms with Gasteiger partial charge in [0.15, 0.2) is 5.82 Å². The Labute approximate surface area is 153 Å². The highest BCUT2D eigenvalue weighted by Gasteiger charge is 2.12. The van der Waals surface area contributed by atoms with Gasteiger partial charge in [-0.05, 0) is 64.8 Å². The van der Waals surface area contributed by atoms with E-state index in [2.05, 4.69) is 30.9 Å². The zero-order valence-electron chi connectivity index (χ0n) is 13.5. The molecule has 0 bridgehead atoms. The zero-order chi connectivity index (χ0) is 17.2. The number of halogens is 1. The van der Waals surface area contributed by atoms with Gasteiger partial charge in [-0.25, -0.2) is 4.98 Å². The van der Waals surface area contributed by atoms with Crippen molar-refractivity contribution < 1.29 is 4.74 Å². The Hall–Kier alpha value is -2.79. The van der Waals surface area contributed by atoms with Crippen LogP contribution in [0.5, 0.6) is 11.6 Å². The normalized spacial score (nSPS) is 10.8. The lowest BCUT2D eigenvalue weighted by Crippen LogP contribution is -1.96. The third kappa shape index (κ3) is 3.23. The molecule has 0 amide bonds. The molecule has 2 aromatic heterocycles. The van der Waals surface area contributed by atoms with Crippen LogP contribution in [-0.2, 0) is 0 Å². The molecule has 0 atom stereocenters. The van der Waals surface area contributed by atoms with Crippen molar-refractivity contribution in [3.8, 4) is 23.0 Å². The average Bonchev–Trinajstić information content (AvgIpc) is 2.64. The van der Waals surface area contributed by atoms with Crippen LogP contribution in [0, 0.1) is 6.92 Å². The summed E-state index contributed by atoms with van der Waals surface area (Å²) in [7, 11) is 0. The average molecular weight is 392 g/mol. The monoisotopic (exact) mass is 391 g/mol. The van der Waals surface area contributed by atoms with Crippen molar-refractivity contribution >= 4 is 26.8 Å². The van der Waals surface area contributed by atoms with Crippen molar-refractivity contribution in [1.82, 2.24) is 15.0 Å². The number of pyridine rings is 1. The molecule has 0 aliphatic rings. The van der Waals surface area contributed by atoms with Gasteiger partial charge >= 0.3 is 0 Å². The summed E-state index contributed by atoms with van der Waals surface area (Å²) in [6, 6.07) is 17.6. The largest absolute Gasteiger partial charge is 0.437 e. The van der Waals surface area contributed by atoms with E-state index in [0.717, 1.165) is 32.3 Å². The summed E-state index contributed by atoms with van der Waals surface area (Å²) in [5.41, 5.74) is 2.89. The molecule has 0 N–H and O–H groups in total. The van der Waals surface area contributed by atoms with Crippen molar-refractivity contribution in [3.63, 3.8) is 0 Å². The SMILES string of the molecule is Cc1ccc(Oc2nc(-c3ccncc3)nc3ccccc23)c(Br)c1. The lowest BCUT2D eigenvalue weighted by Gasteiger charge is -2.11. The van der Waals surface area contributed by atoms with Crippen LogP contribution in [-0.4, -0.2) is 15.0 Å². The molecule has 4 rings (SSSR count). The summed E-state index contributed by atoms with van der Waals surface area (Å²) < 4.78 is 7.02. The first-order valence-electron chi connectivity index (χ1n) is 7.82. The Morgan fingerprint density at radius 1 is 0.920 bits per heavy atom. The second-order valence-electron chi connectivity index (χ2n) is 5.64. The van der Waals surface area contributed by atoms with Gasteiger partial charge in [0.2, 0.25) is 5.88 Å². The topological polar surface area (TPSA) is 47.9 Å². The van der Waals surface area contributed by atoms with Crippen LogP contribution in [0.2, 0.25) is 0 Å². The van der Waals surface area contributed by atoms with Crippen LogP contribution in [0.15, 0.2) is 71.5 Å². The lowest BCUT2D eigenvalue weighted by atomic mass is 10.2. The standard InChI is InChI=1S/C20H14BrN3O/c1-13-6-7-18(16(21)12-13)25-20-15-4-2-3-5-17(15)23-19(24-20)14-8-10-22-11-9-14/h2-12H,1H3. The van der Waals surface area contributed by atoms with Crippen molar-refractivity contribution in [2.75, 3.05) is 0 Å². The number of ether oxygens (including phenoxy) is 1. The second-order valence-corrected chi connectivity index (χ2v) is 6.50. The number of nitrogens with zero attached hydrogens (tertiary/aromatic N) is 3. The molecule has 0 aliphatic heterocycles. The van der Waals surface area contributed by atoms with Crippen LogP contribution in [0.3, 0.4) is 0 Å². The quantitative estimate of drug-likeness (QED) is 0.458. The number of fused-ring (bicyclic) bond motifs is 1. The van der Waals surface area contributed by atoms with Crippen LogP contribution >= 0.6 is 15.9 Å². The van der Waals surface area contributed by atoms with Crippen LogP contribution in [0.4, 0.5) is 0 Å². The van der Waals surface area contributed by atoms with E-state index >= 15 is 0 Å². The summed E-state index contributed by atoms with van der Waals surface area (Å²) in [6.07, 6.45) is 3.45. The fraction of sp³-hybridized carbons (Fsp3) is 0.0500. The van der Waals surface area contributed by atoms with E-state index < -0.39 is 0 Å². The van der Waals surface area contributed by atoms with E-state index in [1.54, 1.807) is 12.4 Å². The van der Waals surface area contributed by atoms with E-state index in [4.69, 9.17) is 4.74 Å². The third-order valence-corrected chi connectivity index (χ3v) is 4.42. The molecule has 2 heterocycles. The minimum absolute atomic E-state index is 0.530. The molecule has 0 radical (unpaired) electrons. The number of para-hydroxylation sites is 1. The molecule has 0 saturated carbocycles. The number of hydrogen-bond acceptors (Lipinski definition) is 4. The molecule has 0 unspecified atom stereocenters. The molecule has 0 spiro atoms. The number of aryl methyl sites for hydroxylation is 1. The van der Waals surface area contributed by atoms with Crippen molar-refractivity contribution in [1.29, 1.82) is 0 Å². The first-order chi connectivity index (χ1) is 12.2. The smallest absolute Gasteiger partial charge is 0.230 e. The summed E-state index contributed by atoms with van der Waals surface area (Å²) in [6.45, 7) is 2.04. The van der Waals surface area contributed by atoms with E-state index in [1.165, 1.54) is 0 Å². The Balaban J connectivity index is 1.86. The van der Waals surface area contributed by atoms with E-state index in [9.17, 15) is 0 Å². The van der Waals surface area contributed by atoms with E-state index in [0.29, 0.717) is 11.7 Å². The minimum Gasteiger partial charge on any atom is -0.437 e. The molecule has 0 saturated heterocycles. The summed E-state index contributed by atoms with van der Waals surface area (Å²) in [5.74, 6) is 1.86. The summed E-state index contributed by atoms with van der Waals surface area (Å²) >= 11 is 3.56. The number of rotatable bonds is 3. The molecular formula is C20H14BrN3O. The summed E-state index contributed by atoms with van der Waals surface area (Å²) in [4.78, 5) is 13.4. The molecule has 0 aliphatic carbocycles. The summed E-state index contributed by atoms with van der Waals surface area (Å²) in [5, 5.41) is 0.868. The van der Waals surface area contributed by atoms with Crippen molar-refractivity contribution in [3.05, 3.63) is 77.0 Å². The number of aromatic nitrogens is 3. The molecule has 4 nitrogen and oxygen atoms in total. The molecular weight excluding hydrogens is 378 g/mol. The highest BCUT2D eigenvalue weighted by Crippen LogP contribution is 2.34. The maximum Gasteiger partial charge on any atom is 0.230 e. The molecule has 4 aromatic rings. The fourth-order valence-electron chi connectivity index (χ4n) is 2.55. The highest BCUT2D eigenvalue weighted by atomic mass is 79.9. The minimum atomic E-state index is 0.530. The van der Waals surface area contributed by atoms with Gasteiger partial charge in [0.05, 0.1) is 15.4 Å². The second kappa shape index (κ2) is 6.61. The van der Waals surface area contributed by atoms with Gasteiger partial charge in [0.25, 0.3) is 0 Å². The zero-order valence-corrected chi connectivity index (χ0v) is 15.1. The first-order valence-corrected chi connectivity index (χ1v) is 8.61. The van der Waals surface area contributed by atoms with E-state index in [-0.39, 0.29) is 0 Å². The number of benzene rings is 2. The van der Waals surface area contributed by atoms with E-state index in [1.807, 2.05) is 61.5 Å². The van der Waals surface area contributed by atoms with Crippen molar-refractivity contribution in [2.24, 2.45) is 0 Å². The molecule has 0 fully saturated rings. The molecule has 25 heavy (non-hydrogen) atoms. The van der Waals surface area contributed by atoms with Gasteiger partial charge in [-0.15, -0.1) is 0 Å². The molecule has 122 valence electrons. The van der Waals surface area contributed by atoms with Crippen LogP contribution in [0.25, 0.3) is 22.3 Å². The molecule has 5 heteroatoms. The lowest BCUT2D eigenvalue weighted by molar-refractivity contribution is 0.466. The maximum atomic E-state index is 6.13. The first kappa shape index (κ1) is 15.7. The van der Waals surface area contributed by atoms with Gasteiger partial charge < -0.3 is 4.74 Å². The highest BCUT2D eigenvalue weighted by molar-refractivity contribution is 9.10. The Kier molecular flexibility index (Phi) is 4.15. The Bertz CT molecular complexity index is 1050. The molecule has 2 aromatic carbocycles. The van der Waals surface area contributed by atoms with Gasteiger partial charge in [-0.2, -0.15) is 4.98 Å².